The Labute approximate surface area is 113 Å². The van der Waals surface area contributed by atoms with E-state index in [4.69, 9.17) is 4.74 Å². The number of hydrogen-bond acceptors (Lipinski definition) is 3. The summed E-state index contributed by atoms with van der Waals surface area (Å²) in [6, 6.07) is 8.82. The zero-order valence-corrected chi connectivity index (χ0v) is 11.8. The van der Waals surface area contributed by atoms with Crippen molar-refractivity contribution in [3.63, 3.8) is 0 Å². The maximum atomic E-state index is 12.4. The molecule has 0 spiro atoms. The Bertz CT molecular complexity index is 438. The molecule has 0 aliphatic heterocycles. The van der Waals surface area contributed by atoms with Crippen LogP contribution in [0, 0.1) is 0 Å². The molecule has 0 aliphatic carbocycles. The first-order valence-electron chi connectivity index (χ1n) is 6.04. The standard InChI is InChI=1S/C14H20N2O3/c1-14(2,3)16(15-12(17)10-19-4)13(18)11-8-6-5-7-9-11/h5-9H,10H2,1-4H3,(H,15,17). The van der Waals surface area contributed by atoms with Gasteiger partial charge < -0.3 is 4.74 Å². The van der Waals surface area contributed by atoms with Gasteiger partial charge >= 0.3 is 0 Å². The van der Waals surface area contributed by atoms with E-state index in [-0.39, 0.29) is 18.4 Å². The Morgan fingerprint density at radius 1 is 1.21 bits per heavy atom. The molecule has 1 rings (SSSR count). The van der Waals surface area contributed by atoms with Gasteiger partial charge in [-0.2, -0.15) is 0 Å². The fourth-order valence-electron chi connectivity index (χ4n) is 1.52. The number of carbonyl (C=O) groups excluding carboxylic acids is 2. The van der Waals surface area contributed by atoms with Gasteiger partial charge in [-0.15, -0.1) is 0 Å². The van der Waals surface area contributed by atoms with Gasteiger partial charge in [0.1, 0.15) is 6.61 Å². The van der Waals surface area contributed by atoms with Gasteiger partial charge in [0.2, 0.25) is 0 Å². The predicted molar refractivity (Wildman–Crippen MR) is 72.4 cm³/mol. The van der Waals surface area contributed by atoms with Crippen molar-refractivity contribution in [1.29, 1.82) is 0 Å². The van der Waals surface area contributed by atoms with Gasteiger partial charge in [-0.05, 0) is 32.9 Å². The van der Waals surface area contributed by atoms with Crippen molar-refractivity contribution in [2.45, 2.75) is 26.3 Å². The fourth-order valence-corrected chi connectivity index (χ4v) is 1.52. The molecule has 0 bridgehead atoms. The van der Waals surface area contributed by atoms with Gasteiger partial charge in [0.25, 0.3) is 11.8 Å². The number of hydrazine groups is 1. The Morgan fingerprint density at radius 2 is 1.79 bits per heavy atom. The van der Waals surface area contributed by atoms with Gasteiger partial charge in [-0.3, -0.25) is 15.0 Å². The number of amides is 2. The third-order valence-corrected chi connectivity index (χ3v) is 2.41. The van der Waals surface area contributed by atoms with Crippen LogP contribution in [0.25, 0.3) is 0 Å². The highest BCUT2D eigenvalue weighted by Gasteiger charge is 2.29. The van der Waals surface area contributed by atoms with Crippen LogP contribution in [-0.2, 0) is 9.53 Å². The molecule has 0 heterocycles. The molecular weight excluding hydrogens is 244 g/mol. The monoisotopic (exact) mass is 264 g/mol. The second kappa shape index (κ2) is 6.33. The zero-order valence-electron chi connectivity index (χ0n) is 11.8. The fraction of sp³-hybridized carbons (Fsp3) is 0.429. The summed E-state index contributed by atoms with van der Waals surface area (Å²) in [5.41, 5.74) is 2.57. The van der Waals surface area contributed by atoms with Gasteiger partial charge in [-0.25, -0.2) is 5.01 Å². The van der Waals surface area contributed by atoms with E-state index in [1.54, 1.807) is 24.3 Å². The Kier molecular flexibility index (Phi) is 5.06. The van der Waals surface area contributed by atoms with Crippen molar-refractivity contribution < 1.29 is 14.3 Å². The Hall–Kier alpha value is -1.88. The van der Waals surface area contributed by atoms with Crippen molar-refractivity contribution in [2.75, 3.05) is 13.7 Å². The van der Waals surface area contributed by atoms with Gasteiger partial charge in [0.15, 0.2) is 0 Å². The van der Waals surface area contributed by atoms with E-state index < -0.39 is 5.54 Å². The number of methoxy groups -OCH3 is 1. The minimum absolute atomic E-state index is 0.0886. The summed E-state index contributed by atoms with van der Waals surface area (Å²) in [7, 11) is 1.43. The molecule has 0 fully saturated rings. The topological polar surface area (TPSA) is 58.6 Å². The molecule has 19 heavy (non-hydrogen) atoms. The third kappa shape index (κ3) is 4.37. The maximum absolute atomic E-state index is 12.4. The first-order valence-corrected chi connectivity index (χ1v) is 6.04. The molecule has 0 saturated carbocycles. The summed E-state index contributed by atoms with van der Waals surface area (Å²) in [5, 5.41) is 1.32. The van der Waals surface area contributed by atoms with Gasteiger partial charge in [-0.1, -0.05) is 18.2 Å². The summed E-state index contributed by atoms with van der Waals surface area (Å²) in [6.07, 6.45) is 0. The van der Waals surface area contributed by atoms with E-state index >= 15 is 0 Å². The number of nitrogens with one attached hydrogen (secondary N) is 1. The molecule has 1 aromatic rings. The largest absolute Gasteiger partial charge is 0.375 e. The molecule has 5 nitrogen and oxygen atoms in total. The van der Waals surface area contributed by atoms with E-state index in [1.807, 2.05) is 26.8 Å². The van der Waals surface area contributed by atoms with Crippen LogP contribution >= 0.6 is 0 Å². The highest BCUT2D eigenvalue weighted by molar-refractivity contribution is 5.95. The summed E-state index contributed by atoms with van der Waals surface area (Å²) in [4.78, 5) is 24.0. The van der Waals surface area contributed by atoms with E-state index in [2.05, 4.69) is 5.43 Å². The second-order valence-corrected chi connectivity index (χ2v) is 5.15. The second-order valence-electron chi connectivity index (χ2n) is 5.15. The first kappa shape index (κ1) is 15.2. The van der Waals surface area contributed by atoms with Crippen molar-refractivity contribution >= 4 is 11.8 Å². The van der Waals surface area contributed by atoms with E-state index in [9.17, 15) is 9.59 Å². The highest BCUT2D eigenvalue weighted by Crippen LogP contribution is 2.14. The summed E-state index contributed by atoms with van der Waals surface area (Å²) in [6.45, 7) is 5.46. The molecule has 0 aliphatic rings. The highest BCUT2D eigenvalue weighted by atomic mass is 16.5. The van der Waals surface area contributed by atoms with E-state index in [1.165, 1.54) is 12.1 Å². The summed E-state index contributed by atoms with van der Waals surface area (Å²) < 4.78 is 4.75. The molecule has 0 saturated heterocycles. The van der Waals surface area contributed by atoms with E-state index in [0.717, 1.165) is 0 Å². The van der Waals surface area contributed by atoms with Crippen molar-refractivity contribution in [3.05, 3.63) is 35.9 Å². The Morgan fingerprint density at radius 3 is 2.26 bits per heavy atom. The van der Waals surface area contributed by atoms with E-state index in [0.29, 0.717) is 5.56 Å². The maximum Gasteiger partial charge on any atom is 0.272 e. The SMILES string of the molecule is COCC(=O)NN(C(=O)c1ccccc1)C(C)(C)C. The number of benzene rings is 1. The minimum atomic E-state index is -0.531. The number of ether oxygens (including phenoxy) is 1. The predicted octanol–water partition coefficient (Wildman–Crippen LogP) is 1.60. The molecular formula is C14H20N2O3. The first-order chi connectivity index (χ1) is 8.86. The lowest BCUT2D eigenvalue weighted by molar-refractivity contribution is -0.130. The molecule has 1 N–H and O–H groups in total. The van der Waals surface area contributed by atoms with Gasteiger partial charge in [0, 0.05) is 12.7 Å². The normalized spacial score (nSPS) is 10.9. The lowest BCUT2D eigenvalue weighted by Gasteiger charge is -2.35. The quantitative estimate of drug-likeness (QED) is 0.844. The molecule has 0 unspecified atom stereocenters. The number of rotatable bonds is 3. The third-order valence-electron chi connectivity index (χ3n) is 2.41. The molecule has 0 atom stereocenters. The van der Waals surface area contributed by atoms with Crippen LogP contribution in [0.3, 0.4) is 0 Å². The molecule has 0 radical (unpaired) electrons. The molecule has 1 aromatic carbocycles. The average Bonchev–Trinajstić information content (AvgIpc) is 2.35. The van der Waals surface area contributed by atoms with Gasteiger partial charge in [0.05, 0.1) is 5.54 Å². The molecule has 0 aromatic heterocycles. The average molecular weight is 264 g/mol. The smallest absolute Gasteiger partial charge is 0.272 e. The Balaban J connectivity index is 2.92. The van der Waals surface area contributed by atoms with Crippen LogP contribution in [0.15, 0.2) is 30.3 Å². The molecule has 2 amide bonds. The van der Waals surface area contributed by atoms with Crippen LogP contribution in [-0.4, -0.2) is 36.1 Å². The minimum Gasteiger partial charge on any atom is -0.375 e. The van der Waals surface area contributed by atoms with Crippen LogP contribution in [0.4, 0.5) is 0 Å². The summed E-state index contributed by atoms with van der Waals surface area (Å²) >= 11 is 0. The van der Waals surface area contributed by atoms with Crippen LogP contribution in [0.2, 0.25) is 0 Å². The number of carbonyl (C=O) groups is 2. The van der Waals surface area contributed by atoms with Crippen molar-refractivity contribution in [3.8, 4) is 0 Å². The van der Waals surface area contributed by atoms with Crippen LogP contribution < -0.4 is 5.43 Å². The number of nitrogens with zero attached hydrogens (tertiary/aromatic N) is 1. The molecule has 104 valence electrons. The van der Waals surface area contributed by atoms with Crippen molar-refractivity contribution in [2.24, 2.45) is 0 Å². The van der Waals surface area contributed by atoms with Crippen LogP contribution in [0.5, 0.6) is 0 Å². The zero-order chi connectivity index (χ0) is 14.5. The summed E-state index contributed by atoms with van der Waals surface area (Å²) in [5.74, 6) is -0.612. The lowest BCUT2D eigenvalue weighted by atomic mass is 10.1. The van der Waals surface area contributed by atoms with Crippen LogP contribution in [0.1, 0.15) is 31.1 Å². The lowest BCUT2D eigenvalue weighted by Crippen LogP contribution is -2.56. The number of hydrogen-bond donors (Lipinski definition) is 1. The van der Waals surface area contributed by atoms with Crippen molar-refractivity contribution in [1.82, 2.24) is 10.4 Å². The molecule has 5 heteroatoms.